The van der Waals surface area contributed by atoms with Gasteiger partial charge in [0.15, 0.2) is 0 Å². The normalized spacial score (nSPS) is 10.7. The summed E-state index contributed by atoms with van der Waals surface area (Å²) in [7, 11) is 1.65. The topological polar surface area (TPSA) is 38.7 Å². The maximum Gasteiger partial charge on any atom is 0.143 e. The van der Waals surface area contributed by atoms with Crippen molar-refractivity contribution in [3.05, 3.63) is 102 Å². The van der Waals surface area contributed by atoms with Crippen molar-refractivity contribution in [3.63, 3.8) is 0 Å². The summed E-state index contributed by atoms with van der Waals surface area (Å²) in [5.74, 6) is 0.793. The fourth-order valence-corrected chi connectivity index (χ4v) is 3.12. The first-order valence-corrected chi connectivity index (χ1v) is 9.31. The van der Waals surface area contributed by atoms with E-state index in [1.54, 1.807) is 7.11 Å². The van der Waals surface area contributed by atoms with Gasteiger partial charge in [-0.2, -0.15) is 0 Å². The maximum absolute atomic E-state index is 9.41. The fraction of sp³-hybridized carbons (Fsp3) is 0.250. The molecule has 3 heteroatoms. The van der Waals surface area contributed by atoms with E-state index in [-0.39, 0.29) is 13.2 Å². The molecule has 1 N–H and O–H groups in total. The van der Waals surface area contributed by atoms with Crippen LogP contribution in [0.5, 0.6) is 5.75 Å². The van der Waals surface area contributed by atoms with Crippen molar-refractivity contribution in [3.8, 4) is 5.75 Å². The van der Waals surface area contributed by atoms with Crippen LogP contribution in [0.4, 0.5) is 0 Å². The van der Waals surface area contributed by atoms with E-state index in [4.69, 9.17) is 9.47 Å². The van der Waals surface area contributed by atoms with E-state index in [9.17, 15) is 5.11 Å². The van der Waals surface area contributed by atoms with Crippen LogP contribution >= 0.6 is 0 Å². The predicted octanol–water partition coefficient (Wildman–Crippen LogP) is 5.02. The molecule has 0 atom stereocenters. The van der Waals surface area contributed by atoms with E-state index < -0.39 is 5.60 Å². The molecule has 0 bridgehead atoms. The Bertz CT molecular complexity index is 728. The van der Waals surface area contributed by atoms with Crippen molar-refractivity contribution in [2.45, 2.75) is 19.4 Å². The molecule has 3 rings (SSSR count). The van der Waals surface area contributed by atoms with E-state index in [2.05, 4.69) is 24.3 Å². The lowest BCUT2D eigenvalue weighted by Gasteiger charge is -2.35. The third kappa shape index (κ3) is 4.57. The first-order chi connectivity index (χ1) is 13.3. The third-order valence-electron chi connectivity index (χ3n) is 4.27. The lowest BCUT2D eigenvalue weighted by molar-refractivity contribution is -0.00646. The molecule has 3 aromatic rings. The molecule has 0 radical (unpaired) electrons. The van der Waals surface area contributed by atoms with E-state index in [1.165, 1.54) is 0 Å². The number of aliphatic hydroxyl groups is 1. The highest BCUT2D eigenvalue weighted by molar-refractivity contribution is 5.48. The Morgan fingerprint density at radius 1 is 0.704 bits per heavy atom. The second-order valence-corrected chi connectivity index (χ2v) is 5.71. The minimum Gasteiger partial charge on any atom is -0.497 e. The summed E-state index contributed by atoms with van der Waals surface area (Å²) in [6.07, 6.45) is 0. The third-order valence-corrected chi connectivity index (χ3v) is 4.27. The number of ether oxygens (including phenoxy) is 2. The maximum atomic E-state index is 9.41. The first kappa shape index (κ1) is 20.7. The van der Waals surface area contributed by atoms with Crippen LogP contribution in [0.15, 0.2) is 84.9 Å². The van der Waals surface area contributed by atoms with Gasteiger partial charge in [-0.15, -0.1) is 0 Å². The highest BCUT2D eigenvalue weighted by Gasteiger charge is 2.37. The molecular weight excluding hydrogens is 336 g/mol. The largest absolute Gasteiger partial charge is 0.497 e. The van der Waals surface area contributed by atoms with Gasteiger partial charge in [0, 0.05) is 0 Å². The monoisotopic (exact) mass is 364 g/mol. The molecule has 142 valence electrons. The van der Waals surface area contributed by atoms with Crippen LogP contribution in [0.1, 0.15) is 30.5 Å². The van der Waals surface area contributed by atoms with Gasteiger partial charge in [-0.25, -0.2) is 0 Å². The Balaban J connectivity index is 0.00000126. The summed E-state index contributed by atoms with van der Waals surface area (Å²) in [4.78, 5) is 0. The van der Waals surface area contributed by atoms with E-state index >= 15 is 0 Å². The van der Waals surface area contributed by atoms with Gasteiger partial charge in [0.05, 0.1) is 20.3 Å². The van der Waals surface area contributed by atoms with E-state index in [0.717, 1.165) is 22.4 Å². The zero-order valence-corrected chi connectivity index (χ0v) is 16.3. The van der Waals surface area contributed by atoms with Crippen molar-refractivity contribution < 1.29 is 14.6 Å². The Hall–Kier alpha value is -2.62. The summed E-state index contributed by atoms with van der Waals surface area (Å²) < 4.78 is 11.6. The van der Waals surface area contributed by atoms with Gasteiger partial charge in [-0.3, -0.25) is 0 Å². The van der Waals surface area contributed by atoms with Gasteiger partial charge in [0.1, 0.15) is 11.4 Å². The molecule has 0 saturated carbocycles. The van der Waals surface area contributed by atoms with Crippen LogP contribution in [0, 0.1) is 0 Å². The smallest absolute Gasteiger partial charge is 0.143 e. The number of hydrogen-bond donors (Lipinski definition) is 1. The molecule has 0 spiro atoms. The molecule has 0 heterocycles. The number of methoxy groups -OCH3 is 1. The van der Waals surface area contributed by atoms with Gasteiger partial charge in [0.2, 0.25) is 0 Å². The standard InChI is InChI=1S/C22H22O3.C2H6/c1-24-21-14-12-20(13-15-21)22(25-17-16-23,18-8-4-2-5-9-18)19-10-6-3-7-11-19;1-2/h2-15,23H,16-17H2,1H3;1-2H3. The van der Waals surface area contributed by atoms with Crippen LogP contribution in [-0.2, 0) is 10.3 Å². The summed E-state index contributed by atoms with van der Waals surface area (Å²) in [5.41, 5.74) is 2.22. The predicted molar refractivity (Wildman–Crippen MR) is 110 cm³/mol. The second-order valence-electron chi connectivity index (χ2n) is 5.71. The zero-order chi connectivity index (χ0) is 19.5. The van der Waals surface area contributed by atoms with E-state index in [1.807, 2.05) is 74.5 Å². The average molecular weight is 364 g/mol. The quantitative estimate of drug-likeness (QED) is 0.598. The molecule has 27 heavy (non-hydrogen) atoms. The molecule has 3 nitrogen and oxygen atoms in total. The van der Waals surface area contributed by atoms with Crippen molar-refractivity contribution in [2.75, 3.05) is 20.3 Å². The molecule has 3 aromatic carbocycles. The fourth-order valence-electron chi connectivity index (χ4n) is 3.12. The molecule has 0 amide bonds. The number of benzene rings is 3. The molecular formula is C24H28O3. The highest BCUT2D eigenvalue weighted by atomic mass is 16.5. The first-order valence-electron chi connectivity index (χ1n) is 9.31. The van der Waals surface area contributed by atoms with Crippen molar-refractivity contribution in [1.29, 1.82) is 0 Å². The van der Waals surface area contributed by atoms with Crippen molar-refractivity contribution >= 4 is 0 Å². The number of rotatable bonds is 7. The second kappa shape index (κ2) is 10.5. The summed E-state index contributed by atoms with van der Waals surface area (Å²) >= 11 is 0. The molecule has 0 saturated heterocycles. The van der Waals surface area contributed by atoms with Crippen LogP contribution < -0.4 is 4.74 Å². The molecule has 0 aromatic heterocycles. The Morgan fingerprint density at radius 3 is 1.56 bits per heavy atom. The highest BCUT2D eigenvalue weighted by Crippen LogP contribution is 2.40. The molecule has 0 aliphatic rings. The van der Waals surface area contributed by atoms with Crippen LogP contribution in [-0.4, -0.2) is 25.4 Å². The van der Waals surface area contributed by atoms with E-state index in [0.29, 0.717) is 0 Å². The molecule has 0 unspecified atom stereocenters. The number of hydrogen-bond acceptors (Lipinski definition) is 3. The van der Waals surface area contributed by atoms with Gasteiger partial charge in [0.25, 0.3) is 0 Å². The minimum absolute atomic E-state index is 0.0441. The molecule has 0 aliphatic heterocycles. The van der Waals surface area contributed by atoms with Gasteiger partial charge in [-0.1, -0.05) is 86.6 Å². The van der Waals surface area contributed by atoms with Gasteiger partial charge in [-0.05, 0) is 28.8 Å². The average Bonchev–Trinajstić information content (AvgIpc) is 2.77. The lowest BCUT2D eigenvalue weighted by atomic mass is 9.80. The van der Waals surface area contributed by atoms with Crippen molar-refractivity contribution in [1.82, 2.24) is 0 Å². The summed E-state index contributed by atoms with van der Waals surface area (Å²) in [5, 5.41) is 9.41. The minimum atomic E-state index is -0.794. The lowest BCUT2D eigenvalue weighted by Crippen LogP contribution is -2.34. The Labute approximate surface area is 162 Å². The molecule has 0 aliphatic carbocycles. The van der Waals surface area contributed by atoms with Gasteiger partial charge >= 0.3 is 0 Å². The number of aliphatic hydroxyl groups excluding tert-OH is 1. The van der Waals surface area contributed by atoms with Crippen LogP contribution in [0.3, 0.4) is 0 Å². The van der Waals surface area contributed by atoms with Crippen molar-refractivity contribution in [2.24, 2.45) is 0 Å². The summed E-state index contributed by atoms with van der Waals surface area (Å²) in [6.45, 7) is 4.19. The Morgan fingerprint density at radius 2 is 1.15 bits per heavy atom. The van der Waals surface area contributed by atoms with Gasteiger partial charge < -0.3 is 14.6 Å². The zero-order valence-electron chi connectivity index (χ0n) is 16.3. The Kier molecular flexibility index (Phi) is 8.05. The molecule has 0 fully saturated rings. The SMILES string of the molecule is CC.COc1ccc(C(OCCO)(c2ccccc2)c2ccccc2)cc1. The summed E-state index contributed by atoms with van der Waals surface area (Å²) in [6, 6.07) is 28.0. The van der Waals surface area contributed by atoms with Crippen LogP contribution in [0.25, 0.3) is 0 Å². The van der Waals surface area contributed by atoms with Crippen LogP contribution in [0.2, 0.25) is 0 Å².